The molecule has 9 heteroatoms. The second-order valence-electron chi connectivity index (χ2n) is 5.22. The highest BCUT2D eigenvalue weighted by Gasteiger charge is 2.19. The van der Waals surface area contributed by atoms with Crippen LogP contribution in [0.2, 0.25) is 0 Å². The molecule has 3 rings (SSSR count). The molecule has 0 fully saturated rings. The van der Waals surface area contributed by atoms with Crippen LogP contribution in [0.1, 0.15) is 19.4 Å². The smallest absolute Gasteiger partial charge is 0.369 e. The standard InChI is InChI=1S/C16H18N6O3/c1-4-24-14-9-17-18-15(22-16(23)21(3)19-20-22)12(14)10-25-13-8-6-5-7-11(13)2/h5-9H,4,10H2,1-3H3/i5T. The molecule has 25 heavy (non-hydrogen) atoms. The molecule has 0 atom stereocenters. The van der Waals surface area contributed by atoms with Gasteiger partial charge in [0.1, 0.15) is 18.1 Å². The average Bonchev–Trinajstić information content (AvgIpc) is 2.94. The first-order valence-corrected chi connectivity index (χ1v) is 7.68. The Bertz CT molecular complexity index is 984. The number of hydrogen-bond donors (Lipinski definition) is 0. The van der Waals surface area contributed by atoms with Gasteiger partial charge in [-0.15, -0.1) is 9.78 Å². The van der Waals surface area contributed by atoms with Gasteiger partial charge < -0.3 is 9.47 Å². The maximum atomic E-state index is 12.2. The van der Waals surface area contributed by atoms with Crippen molar-refractivity contribution in [2.24, 2.45) is 7.05 Å². The second-order valence-corrected chi connectivity index (χ2v) is 5.22. The Balaban J connectivity index is 2.00. The topological polar surface area (TPSA) is 96.9 Å². The lowest BCUT2D eigenvalue weighted by Gasteiger charge is -2.14. The zero-order valence-corrected chi connectivity index (χ0v) is 14.1. The minimum Gasteiger partial charge on any atom is -0.492 e. The normalized spacial score (nSPS) is 11.2. The summed E-state index contributed by atoms with van der Waals surface area (Å²) in [4.78, 5) is 12.2. The fraction of sp³-hybridized carbons (Fsp3) is 0.312. The van der Waals surface area contributed by atoms with E-state index in [-0.39, 0.29) is 12.4 Å². The van der Waals surface area contributed by atoms with Crippen LogP contribution in [0.25, 0.3) is 5.82 Å². The van der Waals surface area contributed by atoms with Crippen molar-refractivity contribution < 1.29 is 10.8 Å². The quantitative estimate of drug-likeness (QED) is 0.659. The summed E-state index contributed by atoms with van der Waals surface area (Å²) in [5, 5.41) is 15.4. The molecule has 130 valence electrons. The van der Waals surface area contributed by atoms with Crippen LogP contribution in [0.15, 0.2) is 35.2 Å². The molecule has 9 nitrogen and oxygen atoms in total. The van der Waals surface area contributed by atoms with Crippen LogP contribution in [0.3, 0.4) is 0 Å². The van der Waals surface area contributed by atoms with E-state index in [2.05, 4.69) is 20.6 Å². The van der Waals surface area contributed by atoms with Gasteiger partial charge in [0, 0.05) is 7.05 Å². The monoisotopic (exact) mass is 344 g/mol. The first-order chi connectivity index (χ1) is 12.5. The van der Waals surface area contributed by atoms with Crippen molar-refractivity contribution in [2.45, 2.75) is 20.5 Å². The Kier molecular flexibility index (Phi) is 4.36. The van der Waals surface area contributed by atoms with Crippen LogP contribution in [0, 0.1) is 6.92 Å². The van der Waals surface area contributed by atoms with Crippen LogP contribution < -0.4 is 15.2 Å². The summed E-state index contributed by atoms with van der Waals surface area (Å²) >= 11 is 0. The summed E-state index contributed by atoms with van der Waals surface area (Å²) < 4.78 is 21.3. The van der Waals surface area contributed by atoms with Crippen molar-refractivity contribution in [3.63, 3.8) is 0 Å². The van der Waals surface area contributed by atoms with Gasteiger partial charge in [-0.1, -0.05) is 18.2 Å². The van der Waals surface area contributed by atoms with Gasteiger partial charge in [0.15, 0.2) is 5.82 Å². The first-order valence-electron chi connectivity index (χ1n) is 8.18. The van der Waals surface area contributed by atoms with E-state index in [1.165, 1.54) is 13.2 Å². The van der Waals surface area contributed by atoms with Crippen molar-refractivity contribution >= 4 is 0 Å². The van der Waals surface area contributed by atoms with Crippen molar-refractivity contribution in [1.82, 2.24) is 30.0 Å². The molecule has 0 saturated carbocycles. The average molecular weight is 344 g/mol. The maximum Gasteiger partial charge on any atom is 0.369 e. The van der Waals surface area contributed by atoms with E-state index in [1.54, 1.807) is 18.2 Å². The molecular weight excluding hydrogens is 324 g/mol. The van der Waals surface area contributed by atoms with E-state index in [9.17, 15) is 4.79 Å². The molecular formula is C16H18N6O3. The highest BCUT2D eigenvalue weighted by atomic mass is 16.5. The number of aromatic nitrogens is 6. The van der Waals surface area contributed by atoms with E-state index in [1.807, 2.05) is 13.8 Å². The third-order valence-corrected chi connectivity index (χ3v) is 3.51. The molecule has 0 unspecified atom stereocenters. The highest BCUT2D eigenvalue weighted by Crippen LogP contribution is 2.25. The molecule has 3 aromatic rings. The Morgan fingerprint density at radius 2 is 2.08 bits per heavy atom. The minimum atomic E-state index is -0.455. The van der Waals surface area contributed by atoms with E-state index < -0.39 is 5.69 Å². The Labute approximate surface area is 145 Å². The molecule has 0 N–H and O–H groups in total. The molecule has 0 bridgehead atoms. The summed E-state index contributed by atoms with van der Waals surface area (Å²) in [6.45, 7) is 4.20. The molecule has 0 saturated heterocycles. The highest BCUT2D eigenvalue weighted by molar-refractivity contribution is 5.42. The van der Waals surface area contributed by atoms with Gasteiger partial charge in [-0.05, 0) is 35.9 Å². The Morgan fingerprint density at radius 1 is 1.24 bits per heavy atom. The number of aryl methyl sites for hydroxylation is 2. The molecule has 0 radical (unpaired) electrons. The SMILES string of the molecule is [3H]c1ccc(OCc2c(OCC)cnnc2-n2nnn(C)c2=O)c(C)c1. The predicted octanol–water partition coefficient (Wildman–Crippen LogP) is 1.04. The lowest BCUT2D eigenvalue weighted by molar-refractivity contribution is 0.282. The van der Waals surface area contributed by atoms with Crippen LogP contribution >= 0.6 is 0 Å². The van der Waals surface area contributed by atoms with Gasteiger partial charge in [0.05, 0.1) is 19.7 Å². The number of para-hydroxylation sites is 1. The maximum absolute atomic E-state index is 12.2. The zero-order valence-electron chi connectivity index (χ0n) is 15.1. The zero-order chi connectivity index (χ0) is 18.7. The van der Waals surface area contributed by atoms with Gasteiger partial charge in [-0.2, -0.15) is 9.78 Å². The van der Waals surface area contributed by atoms with Crippen molar-refractivity contribution in [3.8, 4) is 17.3 Å². The van der Waals surface area contributed by atoms with Crippen molar-refractivity contribution in [3.05, 3.63) is 52.0 Å². The lowest BCUT2D eigenvalue weighted by atomic mass is 10.2. The van der Waals surface area contributed by atoms with Gasteiger partial charge in [0.2, 0.25) is 0 Å². The van der Waals surface area contributed by atoms with Gasteiger partial charge in [0.25, 0.3) is 0 Å². The van der Waals surface area contributed by atoms with Crippen LogP contribution in [0.5, 0.6) is 11.5 Å². The third kappa shape index (κ3) is 3.35. The minimum absolute atomic E-state index is 0.0847. The number of hydrogen-bond acceptors (Lipinski definition) is 7. The number of nitrogens with zero attached hydrogens (tertiary/aromatic N) is 6. The van der Waals surface area contributed by atoms with Crippen molar-refractivity contribution in [2.75, 3.05) is 6.61 Å². The number of rotatable bonds is 6. The third-order valence-electron chi connectivity index (χ3n) is 3.51. The van der Waals surface area contributed by atoms with E-state index >= 15 is 0 Å². The predicted molar refractivity (Wildman–Crippen MR) is 88.9 cm³/mol. The Morgan fingerprint density at radius 3 is 2.76 bits per heavy atom. The number of tetrazole rings is 1. The summed E-state index contributed by atoms with van der Waals surface area (Å²) in [5.74, 6) is 1.27. The van der Waals surface area contributed by atoms with Gasteiger partial charge in [-0.3, -0.25) is 0 Å². The summed E-state index contributed by atoms with van der Waals surface area (Å²) in [6.07, 6.45) is 1.47. The molecule has 0 aliphatic heterocycles. The fourth-order valence-electron chi connectivity index (χ4n) is 2.23. The van der Waals surface area contributed by atoms with E-state index in [0.717, 1.165) is 14.9 Å². The summed E-state index contributed by atoms with van der Waals surface area (Å²) in [6, 6.07) is 5.48. The molecule has 0 aliphatic rings. The molecule has 0 spiro atoms. The van der Waals surface area contributed by atoms with Crippen LogP contribution in [0.4, 0.5) is 0 Å². The van der Waals surface area contributed by atoms with Crippen molar-refractivity contribution in [1.29, 1.82) is 0 Å². The fourth-order valence-corrected chi connectivity index (χ4v) is 2.23. The first kappa shape index (κ1) is 15.3. The Hall–Kier alpha value is -3.23. The number of ether oxygens (including phenoxy) is 2. The van der Waals surface area contributed by atoms with Gasteiger partial charge >= 0.3 is 5.69 Å². The number of benzene rings is 1. The van der Waals surface area contributed by atoms with Gasteiger partial charge in [-0.25, -0.2) is 4.79 Å². The molecule has 0 aliphatic carbocycles. The lowest BCUT2D eigenvalue weighted by Crippen LogP contribution is -2.24. The van der Waals surface area contributed by atoms with Crippen LogP contribution in [-0.4, -0.2) is 36.6 Å². The van der Waals surface area contributed by atoms with E-state index in [0.29, 0.717) is 29.7 Å². The second kappa shape index (κ2) is 7.12. The summed E-state index contributed by atoms with van der Waals surface area (Å²) in [7, 11) is 1.49. The van der Waals surface area contributed by atoms with Crippen LogP contribution in [-0.2, 0) is 13.7 Å². The van der Waals surface area contributed by atoms with E-state index in [4.69, 9.17) is 10.8 Å². The molecule has 1 aromatic carbocycles. The molecule has 2 aromatic heterocycles. The molecule has 0 amide bonds. The summed E-state index contributed by atoms with van der Waals surface area (Å²) in [5.41, 5.74) is 0.901. The molecule has 2 heterocycles. The largest absolute Gasteiger partial charge is 0.492 e.